The van der Waals surface area contributed by atoms with E-state index in [4.69, 9.17) is 4.98 Å². The van der Waals surface area contributed by atoms with Crippen molar-refractivity contribution in [2.24, 2.45) is 0 Å². The van der Waals surface area contributed by atoms with E-state index in [2.05, 4.69) is 20.2 Å². The van der Waals surface area contributed by atoms with Crippen LogP contribution in [0.2, 0.25) is 0 Å². The van der Waals surface area contributed by atoms with E-state index in [0.717, 1.165) is 49.3 Å². The first kappa shape index (κ1) is 24.4. The highest BCUT2D eigenvalue weighted by molar-refractivity contribution is 5.92. The molecule has 1 aromatic carbocycles. The predicted octanol–water partition coefficient (Wildman–Crippen LogP) is 3.36. The Balaban J connectivity index is 1.20. The van der Waals surface area contributed by atoms with Gasteiger partial charge >= 0.3 is 0 Å². The highest BCUT2D eigenvalue weighted by atomic mass is 19.1. The van der Waals surface area contributed by atoms with Gasteiger partial charge in [0.1, 0.15) is 11.5 Å². The molecule has 3 heterocycles. The number of benzene rings is 1. The molecule has 1 amide bonds. The predicted molar refractivity (Wildman–Crippen MR) is 138 cm³/mol. The van der Waals surface area contributed by atoms with Gasteiger partial charge in [-0.2, -0.15) is 4.39 Å². The third-order valence-electron chi connectivity index (χ3n) is 7.32. The van der Waals surface area contributed by atoms with Crippen LogP contribution in [-0.4, -0.2) is 64.0 Å². The number of pyridine rings is 1. The Bertz CT molecular complexity index is 1330. The maximum absolute atomic E-state index is 14.8. The summed E-state index contributed by atoms with van der Waals surface area (Å²) >= 11 is 0. The second-order valence-electron chi connectivity index (χ2n) is 10.3. The van der Waals surface area contributed by atoms with Gasteiger partial charge in [0, 0.05) is 44.2 Å². The number of carbonyl (C=O) groups excluding carboxylic acids is 1. The summed E-state index contributed by atoms with van der Waals surface area (Å²) in [5.41, 5.74) is 2.26. The normalized spacial score (nSPS) is 20.9. The Morgan fingerprint density at radius 1 is 1.11 bits per heavy atom. The minimum Gasteiger partial charge on any atom is -0.365 e. The molecule has 0 bridgehead atoms. The zero-order valence-electron chi connectivity index (χ0n) is 21.1. The second-order valence-corrected chi connectivity index (χ2v) is 10.3. The van der Waals surface area contributed by atoms with Gasteiger partial charge in [-0.25, -0.2) is 9.97 Å². The van der Waals surface area contributed by atoms with E-state index in [9.17, 15) is 14.0 Å². The molecule has 2 N–H and O–H groups in total. The van der Waals surface area contributed by atoms with Crippen molar-refractivity contribution in [1.29, 1.82) is 0 Å². The summed E-state index contributed by atoms with van der Waals surface area (Å²) in [6.45, 7) is 8.73. The van der Waals surface area contributed by atoms with E-state index in [1.807, 2.05) is 43.9 Å². The number of nitrogens with zero attached hydrogens (tertiary/aromatic N) is 4. The number of rotatable bonds is 5. The van der Waals surface area contributed by atoms with Crippen LogP contribution in [0.15, 0.2) is 35.1 Å². The number of anilines is 1. The van der Waals surface area contributed by atoms with E-state index in [-0.39, 0.29) is 29.1 Å². The van der Waals surface area contributed by atoms with E-state index in [0.29, 0.717) is 30.2 Å². The number of piperazine rings is 1. The average molecular weight is 493 g/mol. The van der Waals surface area contributed by atoms with Crippen molar-refractivity contribution < 1.29 is 9.18 Å². The fraction of sp³-hybridized carbons (Fsp3) is 0.481. The zero-order chi connectivity index (χ0) is 25.4. The van der Waals surface area contributed by atoms with Crippen molar-refractivity contribution >= 4 is 22.5 Å². The molecule has 3 aromatic rings. The molecule has 1 saturated carbocycles. The van der Waals surface area contributed by atoms with Crippen LogP contribution in [-0.2, 0) is 0 Å². The maximum atomic E-state index is 14.8. The summed E-state index contributed by atoms with van der Waals surface area (Å²) in [5.74, 6) is 0.0422. The summed E-state index contributed by atoms with van der Waals surface area (Å²) in [6.07, 6.45) is 3.00. The van der Waals surface area contributed by atoms with Crippen LogP contribution < -0.4 is 15.8 Å². The van der Waals surface area contributed by atoms with Crippen LogP contribution in [0.25, 0.3) is 10.9 Å². The first-order valence-corrected chi connectivity index (χ1v) is 12.8. The van der Waals surface area contributed by atoms with Crippen LogP contribution in [0.4, 0.5) is 10.1 Å². The lowest BCUT2D eigenvalue weighted by atomic mass is 10.1. The molecular weight excluding hydrogens is 459 g/mol. The van der Waals surface area contributed by atoms with Crippen LogP contribution in [0, 0.1) is 12.9 Å². The Labute approximate surface area is 209 Å². The van der Waals surface area contributed by atoms with E-state index in [1.54, 1.807) is 12.1 Å². The lowest BCUT2D eigenvalue weighted by Crippen LogP contribution is -2.50. The van der Waals surface area contributed by atoms with E-state index < -0.39 is 5.95 Å². The standard InChI is InChI=1S/C27H33FN6O2/c1-16(2)29-27(36)22-8-9-23(24(28)30-22)34-12-10-33(11-13-34)19-6-5-18(15-19)25-31-21-7-4-17(3)14-20(21)26(35)32-25/h4,7-9,14,16,18-19H,5-6,10-13,15H2,1-3H3,(H,29,36)(H,31,32,35). The summed E-state index contributed by atoms with van der Waals surface area (Å²) < 4.78 is 14.8. The van der Waals surface area contributed by atoms with Crippen LogP contribution >= 0.6 is 0 Å². The van der Waals surface area contributed by atoms with Gasteiger partial charge in [-0.3, -0.25) is 14.5 Å². The van der Waals surface area contributed by atoms with Crippen molar-refractivity contribution in [3.05, 3.63) is 63.7 Å². The molecule has 1 saturated heterocycles. The smallest absolute Gasteiger partial charge is 0.270 e. The Morgan fingerprint density at radius 3 is 2.61 bits per heavy atom. The number of hydrogen-bond acceptors (Lipinski definition) is 6. The monoisotopic (exact) mass is 492 g/mol. The number of aromatic amines is 1. The number of fused-ring (bicyclic) bond motifs is 1. The summed E-state index contributed by atoms with van der Waals surface area (Å²) in [5, 5.41) is 3.38. The van der Waals surface area contributed by atoms with Crippen molar-refractivity contribution in [2.75, 3.05) is 31.1 Å². The summed E-state index contributed by atoms with van der Waals surface area (Å²) in [4.78, 5) is 40.9. The van der Waals surface area contributed by atoms with E-state index >= 15 is 0 Å². The van der Waals surface area contributed by atoms with Gasteiger partial charge in [0.15, 0.2) is 0 Å². The number of amides is 1. The Hall–Kier alpha value is -3.33. The Kier molecular flexibility index (Phi) is 6.75. The molecule has 9 heteroatoms. The molecule has 0 spiro atoms. The van der Waals surface area contributed by atoms with E-state index in [1.165, 1.54) is 0 Å². The van der Waals surface area contributed by atoms with Gasteiger partial charge in [0.05, 0.1) is 16.6 Å². The number of halogens is 1. The number of carbonyl (C=O) groups is 1. The number of aryl methyl sites for hydroxylation is 1. The average Bonchev–Trinajstić information content (AvgIpc) is 3.34. The minimum atomic E-state index is -0.609. The van der Waals surface area contributed by atoms with Gasteiger partial charge in [-0.1, -0.05) is 11.6 Å². The molecular formula is C27H33FN6O2. The molecule has 36 heavy (non-hydrogen) atoms. The molecule has 0 radical (unpaired) electrons. The number of H-pyrrole nitrogens is 1. The molecule has 1 aliphatic heterocycles. The number of hydrogen-bond donors (Lipinski definition) is 2. The largest absolute Gasteiger partial charge is 0.365 e. The molecule has 2 unspecified atom stereocenters. The third-order valence-corrected chi connectivity index (χ3v) is 7.32. The van der Waals surface area contributed by atoms with Gasteiger partial charge < -0.3 is 15.2 Å². The lowest BCUT2D eigenvalue weighted by molar-refractivity contribution is 0.0937. The lowest BCUT2D eigenvalue weighted by Gasteiger charge is -2.39. The van der Waals surface area contributed by atoms with Gasteiger partial charge in [-0.15, -0.1) is 0 Å². The molecule has 1 aliphatic carbocycles. The minimum absolute atomic E-state index is 0.0353. The molecule has 2 aromatic heterocycles. The third kappa shape index (κ3) is 4.97. The molecule has 2 aliphatic rings. The molecule has 5 rings (SSSR count). The van der Waals surface area contributed by atoms with Crippen LogP contribution in [0.3, 0.4) is 0 Å². The highest BCUT2D eigenvalue weighted by Gasteiger charge is 2.33. The Morgan fingerprint density at radius 2 is 1.89 bits per heavy atom. The van der Waals surface area contributed by atoms with Crippen molar-refractivity contribution in [3.63, 3.8) is 0 Å². The zero-order valence-corrected chi connectivity index (χ0v) is 21.1. The first-order chi connectivity index (χ1) is 17.3. The summed E-state index contributed by atoms with van der Waals surface area (Å²) in [6, 6.07) is 9.42. The SMILES string of the molecule is Cc1ccc2nc(C3CCC(N4CCN(c5ccc(C(=O)NC(C)C)nc5F)CC4)C3)[nH]c(=O)c2c1. The molecule has 2 fully saturated rings. The molecule has 2 atom stereocenters. The molecule has 8 nitrogen and oxygen atoms in total. The van der Waals surface area contributed by atoms with Crippen molar-refractivity contribution in [3.8, 4) is 0 Å². The van der Waals surface area contributed by atoms with Crippen molar-refractivity contribution in [2.45, 2.75) is 58.0 Å². The highest BCUT2D eigenvalue weighted by Crippen LogP contribution is 2.36. The first-order valence-electron chi connectivity index (χ1n) is 12.8. The molecule has 190 valence electrons. The topological polar surface area (TPSA) is 94.2 Å². The number of aromatic nitrogens is 3. The van der Waals surface area contributed by atoms with Crippen LogP contribution in [0.1, 0.15) is 60.9 Å². The van der Waals surface area contributed by atoms with Gasteiger partial charge in [0.2, 0.25) is 5.95 Å². The van der Waals surface area contributed by atoms with Crippen molar-refractivity contribution in [1.82, 2.24) is 25.2 Å². The fourth-order valence-electron chi connectivity index (χ4n) is 5.46. The fourth-order valence-corrected chi connectivity index (χ4v) is 5.46. The maximum Gasteiger partial charge on any atom is 0.270 e. The van der Waals surface area contributed by atoms with Gasteiger partial charge in [0.25, 0.3) is 11.5 Å². The number of nitrogens with one attached hydrogen (secondary N) is 2. The van der Waals surface area contributed by atoms with Crippen LogP contribution in [0.5, 0.6) is 0 Å². The summed E-state index contributed by atoms with van der Waals surface area (Å²) in [7, 11) is 0. The second kappa shape index (κ2) is 9.97. The quantitative estimate of drug-likeness (QED) is 0.531. The van der Waals surface area contributed by atoms with Gasteiger partial charge in [-0.05, 0) is 64.3 Å².